The van der Waals surface area contributed by atoms with Crippen LogP contribution in [0.3, 0.4) is 0 Å². The van der Waals surface area contributed by atoms with Crippen molar-refractivity contribution in [2.45, 2.75) is 45.7 Å². The van der Waals surface area contributed by atoms with Crippen LogP contribution in [0.25, 0.3) is 0 Å². The van der Waals surface area contributed by atoms with Crippen LogP contribution in [-0.2, 0) is 6.54 Å². The Bertz CT molecular complexity index is 531. The Labute approximate surface area is 129 Å². The van der Waals surface area contributed by atoms with E-state index in [0.29, 0.717) is 18.4 Å². The van der Waals surface area contributed by atoms with Gasteiger partial charge in [0.15, 0.2) is 0 Å². The van der Waals surface area contributed by atoms with Crippen molar-refractivity contribution in [1.82, 2.24) is 15.6 Å². The second-order valence-corrected chi connectivity index (χ2v) is 7.56. The number of carbonyl (C=O) groups is 1. The summed E-state index contributed by atoms with van der Waals surface area (Å²) in [5.74, 6) is 1.38. The summed E-state index contributed by atoms with van der Waals surface area (Å²) in [7, 11) is 0. The minimum absolute atomic E-state index is 0.128. The lowest BCUT2D eigenvalue weighted by molar-refractivity contribution is 0.144. The number of rotatable bonds is 4. The number of fused-ring (bicyclic) bond motifs is 2. The average Bonchev–Trinajstić information content (AvgIpc) is 3.11. The molecule has 3 N–H and O–H groups in total. The summed E-state index contributed by atoms with van der Waals surface area (Å²) >= 11 is 1.62. The highest BCUT2D eigenvalue weighted by Gasteiger charge is 2.47. The molecule has 0 aliphatic heterocycles. The van der Waals surface area contributed by atoms with E-state index >= 15 is 0 Å². The molecule has 0 saturated heterocycles. The first kappa shape index (κ1) is 14.8. The number of aliphatic hydroxyl groups is 1. The first-order valence-corrected chi connectivity index (χ1v) is 8.48. The third-order valence-corrected chi connectivity index (χ3v) is 6.08. The molecule has 0 aromatic carbocycles. The summed E-state index contributed by atoms with van der Waals surface area (Å²) in [5.41, 5.74) is 0.992. The molecule has 2 aliphatic carbocycles. The first-order valence-electron chi connectivity index (χ1n) is 7.66. The van der Waals surface area contributed by atoms with Gasteiger partial charge in [-0.15, -0.1) is 11.3 Å². The molecule has 4 atom stereocenters. The normalized spacial score (nSPS) is 30.6. The van der Waals surface area contributed by atoms with Gasteiger partial charge in [0, 0.05) is 23.4 Å². The van der Waals surface area contributed by atoms with E-state index in [-0.39, 0.29) is 24.6 Å². The number of aryl methyl sites for hydroxylation is 2. The molecule has 0 radical (unpaired) electrons. The number of urea groups is 1. The SMILES string of the molecule is Cc1nc(C)c(CNC(=O)NC2C3CCC(C3)C2CO)s1. The van der Waals surface area contributed by atoms with Crippen LogP contribution in [0, 0.1) is 31.6 Å². The van der Waals surface area contributed by atoms with Crippen LogP contribution in [0.15, 0.2) is 0 Å². The van der Waals surface area contributed by atoms with Crippen molar-refractivity contribution in [3.8, 4) is 0 Å². The lowest BCUT2D eigenvalue weighted by Gasteiger charge is -2.30. The van der Waals surface area contributed by atoms with Gasteiger partial charge in [-0.05, 0) is 44.9 Å². The Morgan fingerprint density at radius 3 is 2.81 bits per heavy atom. The molecular weight excluding hydrogens is 286 g/mol. The molecule has 5 nitrogen and oxygen atoms in total. The van der Waals surface area contributed by atoms with Gasteiger partial charge in [0.1, 0.15) is 0 Å². The fourth-order valence-corrected chi connectivity index (χ4v) is 4.88. The topological polar surface area (TPSA) is 74.2 Å². The number of hydrogen-bond donors (Lipinski definition) is 3. The molecule has 2 bridgehead atoms. The molecular formula is C15H23N3O2S. The zero-order chi connectivity index (χ0) is 15.0. The van der Waals surface area contributed by atoms with E-state index in [1.807, 2.05) is 13.8 Å². The summed E-state index contributed by atoms with van der Waals surface area (Å²) < 4.78 is 0. The van der Waals surface area contributed by atoms with E-state index < -0.39 is 0 Å². The van der Waals surface area contributed by atoms with Gasteiger partial charge in [0.2, 0.25) is 0 Å². The lowest BCUT2D eigenvalue weighted by Crippen LogP contribution is -2.48. The molecule has 2 fully saturated rings. The monoisotopic (exact) mass is 309 g/mol. The quantitative estimate of drug-likeness (QED) is 0.796. The second kappa shape index (κ2) is 5.93. The Kier molecular flexibility index (Phi) is 4.17. The first-order chi connectivity index (χ1) is 10.1. The standard InChI is InChI=1S/C15H23N3O2S/c1-8-13(21-9(2)17-8)6-16-15(20)18-14-11-4-3-10(5-11)12(14)7-19/h10-12,14,19H,3-7H2,1-2H3,(H2,16,18,20). The summed E-state index contributed by atoms with van der Waals surface area (Å²) in [5, 5.41) is 16.6. The lowest BCUT2D eigenvalue weighted by atomic mass is 9.85. The molecule has 0 spiro atoms. The third-order valence-electron chi connectivity index (χ3n) is 5.01. The zero-order valence-electron chi connectivity index (χ0n) is 12.6. The van der Waals surface area contributed by atoms with E-state index in [1.54, 1.807) is 11.3 Å². The maximum Gasteiger partial charge on any atom is 0.315 e. The number of aliphatic hydroxyl groups excluding tert-OH is 1. The number of aromatic nitrogens is 1. The zero-order valence-corrected chi connectivity index (χ0v) is 13.4. The van der Waals surface area contributed by atoms with Gasteiger partial charge in [0.05, 0.1) is 17.2 Å². The Hall–Kier alpha value is -1.14. The van der Waals surface area contributed by atoms with E-state index in [4.69, 9.17) is 0 Å². The molecule has 2 saturated carbocycles. The van der Waals surface area contributed by atoms with Crippen molar-refractivity contribution in [1.29, 1.82) is 0 Å². The fraction of sp³-hybridized carbons (Fsp3) is 0.733. The predicted octanol–water partition coefficient (Wildman–Crippen LogP) is 1.97. The maximum atomic E-state index is 12.1. The van der Waals surface area contributed by atoms with Crippen molar-refractivity contribution in [3.05, 3.63) is 15.6 Å². The average molecular weight is 309 g/mol. The fourth-order valence-electron chi connectivity index (χ4n) is 4.00. The summed E-state index contributed by atoms with van der Waals surface area (Å²) in [6.45, 7) is 4.64. The number of nitrogens with zero attached hydrogens (tertiary/aromatic N) is 1. The number of carbonyl (C=O) groups excluding carboxylic acids is 1. The summed E-state index contributed by atoms with van der Waals surface area (Å²) in [6.07, 6.45) is 3.54. The number of thiazole rings is 1. The van der Waals surface area contributed by atoms with Crippen LogP contribution in [0.4, 0.5) is 4.79 Å². The highest BCUT2D eigenvalue weighted by molar-refractivity contribution is 7.11. The van der Waals surface area contributed by atoms with Crippen LogP contribution in [0.2, 0.25) is 0 Å². The van der Waals surface area contributed by atoms with E-state index in [2.05, 4.69) is 15.6 Å². The summed E-state index contributed by atoms with van der Waals surface area (Å²) in [4.78, 5) is 17.6. The van der Waals surface area contributed by atoms with Gasteiger partial charge in [0.25, 0.3) is 0 Å². The smallest absolute Gasteiger partial charge is 0.315 e. The van der Waals surface area contributed by atoms with E-state index in [9.17, 15) is 9.90 Å². The molecule has 2 amide bonds. The van der Waals surface area contributed by atoms with E-state index in [1.165, 1.54) is 12.8 Å². The number of amides is 2. The van der Waals surface area contributed by atoms with Crippen molar-refractivity contribution in [2.75, 3.05) is 6.61 Å². The van der Waals surface area contributed by atoms with Crippen LogP contribution in [-0.4, -0.2) is 28.8 Å². The molecule has 2 aliphatic rings. The Morgan fingerprint density at radius 2 is 2.14 bits per heavy atom. The molecule has 6 heteroatoms. The highest BCUT2D eigenvalue weighted by Crippen LogP contribution is 2.48. The number of nitrogens with one attached hydrogen (secondary N) is 2. The Morgan fingerprint density at radius 1 is 1.38 bits per heavy atom. The van der Waals surface area contributed by atoms with Crippen LogP contribution in [0.1, 0.15) is 34.8 Å². The summed E-state index contributed by atoms with van der Waals surface area (Å²) in [6, 6.07) is 0.00879. The minimum atomic E-state index is -0.128. The van der Waals surface area contributed by atoms with Crippen LogP contribution >= 0.6 is 11.3 Å². The molecule has 1 aromatic rings. The molecule has 1 heterocycles. The molecule has 116 valence electrons. The van der Waals surface area contributed by atoms with E-state index in [0.717, 1.165) is 22.0 Å². The molecule has 21 heavy (non-hydrogen) atoms. The Balaban J connectivity index is 1.53. The van der Waals surface area contributed by atoms with Crippen molar-refractivity contribution >= 4 is 17.4 Å². The molecule has 1 aromatic heterocycles. The van der Waals surface area contributed by atoms with Crippen molar-refractivity contribution < 1.29 is 9.90 Å². The van der Waals surface area contributed by atoms with Crippen molar-refractivity contribution in [3.63, 3.8) is 0 Å². The van der Waals surface area contributed by atoms with Crippen LogP contribution < -0.4 is 10.6 Å². The van der Waals surface area contributed by atoms with Gasteiger partial charge in [-0.1, -0.05) is 0 Å². The molecule has 3 rings (SSSR count). The van der Waals surface area contributed by atoms with Gasteiger partial charge in [-0.3, -0.25) is 0 Å². The predicted molar refractivity (Wildman–Crippen MR) is 82.2 cm³/mol. The molecule has 4 unspecified atom stereocenters. The van der Waals surface area contributed by atoms with Gasteiger partial charge < -0.3 is 15.7 Å². The minimum Gasteiger partial charge on any atom is -0.396 e. The van der Waals surface area contributed by atoms with Crippen molar-refractivity contribution in [2.24, 2.45) is 17.8 Å². The van der Waals surface area contributed by atoms with Gasteiger partial charge in [-0.25, -0.2) is 9.78 Å². The maximum absolute atomic E-state index is 12.1. The number of hydrogen-bond acceptors (Lipinski definition) is 4. The second-order valence-electron chi connectivity index (χ2n) is 6.27. The third kappa shape index (κ3) is 2.92. The van der Waals surface area contributed by atoms with Gasteiger partial charge >= 0.3 is 6.03 Å². The van der Waals surface area contributed by atoms with Gasteiger partial charge in [-0.2, -0.15) is 0 Å². The largest absolute Gasteiger partial charge is 0.396 e. The highest BCUT2D eigenvalue weighted by atomic mass is 32.1. The van der Waals surface area contributed by atoms with Crippen LogP contribution in [0.5, 0.6) is 0 Å².